The van der Waals surface area contributed by atoms with Gasteiger partial charge in [-0.1, -0.05) is 37.3 Å². The van der Waals surface area contributed by atoms with Gasteiger partial charge in [0.15, 0.2) is 0 Å². The zero-order chi connectivity index (χ0) is 28.4. The summed E-state index contributed by atoms with van der Waals surface area (Å²) in [6.45, 7) is 3.63. The Morgan fingerprint density at radius 3 is 1.97 bits per heavy atom. The summed E-state index contributed by atoms with van der Waals surface area (Å²) < 4.78 is 39.0. The van der Waals surface area contributed by atoms with Crippen LogP contribution in [0.4, 0.5) is 5.69 Å². The van der Waals surface area contributed by atoms with E-state index in [1.807, 2.05) is 6.92 Å². The SMILES string of the molecule is CCCNC(=O)[C@H](C)N(Cc1ccc(OC)cc1)C(=O)CN(c1ccc(OC)cc1)S(=O)(=O)c1ccccc1. The van der Waals surface area contributed by atoms with Crippen molar-refractivity contribution in [3.63, 3.8) is 0 Å². The van der Waals surface area contributed by atoms with Gasteiger partial charge in [-0.2, -0.15) is 0 Å². The molecule has 0 spiro atoms. The molecule has 3 aromatic carbocycles. The molecule has 10 heteroatoms. The minimum absolute atomic E-state index is 0.0454. The van der Waals surface area contributed by atoms with Gasteiger partial charge in [-0.15, -0.1) is 0 Å². The molecule has 0 saturated heterocycles. The average Bonchev–Trinajstić information content (AvgIpc) is 2.97. The van der Waals surface area contributed by atoms with Crippen LogP contribution in [0.3, 0.4) is 0 Å². The lowest BCUT2D eigenvalue weighted by molar-refractivity contribution is -0.139. The van der Waals surface area contributed by atoms with Crippen molar-refractivity contribution in [1.82, 2.24) is 10.2 Å². The van der Waals surface area contributed by atoms with Gasteiger partial charge in [0.2, 0.25) is 11.8 Å². The summed E-state index contributed by atoms with van der Waals surface area (Å²) in [7, 11) is -1.04. The molecule has 0 aromatic heterocycles. The molecule has 0 bridgehead atoms. The Morgan fingerprint density at radius 1 is 0.872 bits per heavy atom. The zero-order valence-corrected chi connectivity index (χ0v) is 23.5. The highest BCUT2D eigenvalue weighted by molar-refractivity contribution is 7.92. The van der Waals surface area contributed by atoms with E-state index in [1.54, 1.807) is 80.8 Å². The van der Waals surface area contributed by atoms with E-state index in [2.05, 4.69) is 5.32 Å². The molecule has 0 unspecified atom stereocenters. The molecule has 0 aliphatic carbocycles. The van der Waals surface area contributed by atoms with Crippen LogP contribution in [-0.4, -0.2) is 58.5 Å². The van der Waals surface area contributed by atoms with E-state index in [0.29, 0.717) is 23.7 Å². The van der Waals surface area contributed by atoms with Crippen molar-refractivity contribution in [2.75, 3.05) is 31.6 Å². The maximum absolute atomic E-state index is 13.9. The number of ether oxygens (including phenoxy) is 2. The van der Waals surface area contributed by atoms with Crippen LogP contribution < -0.4 is 19.1 Å². The molecule has 0 fully saturated rings. The average molecular weight is 554 g/mol. The molecule has 0 aliphatic rings. The Balaban J connectivity index is 2.00. The number of sulfonamides is 1. The first-order valence-electron chi connectivity index (χ1n) is 12.6. The lowest BCUT2D eigenvalue weighted by Gasteiger charge is -2.32. The van der Waals surface area contributed by atoms with Crippen LogP contribution in [0.5, 0.6) is 11.5 Å². The largest absolute Gasteiger partial charge is 0.497 e. The quantitative estimate of drug-likeness (QED) is 0.345. The number of anilines is 1. The Labute approximate surface area is 230 Å². The Morgan fingerprint density at radius 2 is 1.44 bits per heavy atom. The number of methoxy groups -OCH3 is 2. The number of amides is 2. The van der Waals surface area contributed by atoms with Gasteiger partial charge < -0.3 is 19.7 Å². The zero-order valence-electron chi connectivity index (χ0n) is 22.7. The molecule has 208 valence electrons. The van der Waals surface area contributed by atoms with Crippen LogP contribution >= 0.6 is 0 Å². The van der Waals surface area contributed by atoms with Crippen LogP contribution in [0.15, 0.2) is 83.8 Å². The molecular weight excluding hydrogens is 518 g/mol. The molecule has 1 atom stereocenters. The second-order valence-corrected chi connectivity index (χ2v) is 10.7. The summed E-state index contributed by atoms with van der Waals surface area (Å²) in [5.41, 5.74) is 1.06. The highest BCUT2D eigenvalue weighted by Crippen LogP contribution is 2.26. The molecule has 3 aromatic rings. The molecule has 2 amide bonds. The van der Waals surface area contributed by atoms with Gasteiger partial charge in [0, 0.05) is 13.1 Å². The van der Waals surface area contributed by atoms with Gasteiger partial charge >= 0.3 is 0 Å². The lowest BCUT2D eigenvalue weighted by Crippen LogP contribution is -2.51. The van der Waals surface area contributed by atoms with E-state index in [-0.39, 0.29) is 17.3 Å². The molecule has 0 saturated carbocycles. The Kier molecular flexibility index (Phi) is 10.3. The fourth-order valence-electron chi connectivity index (χ4n) is 3.90. The van der Waals surface area contributed by atoms with Crippen molar-refractivity contribution < 1.29 is 27.5 Å². The van der Waals surface area contributed by atoms with E-state index in [0.717, 1.165) is 16.3 Å². The number of hydrogen-bond donors (Lipinski definition) is 1. The van der Waals surface area contributed by atoms with Crippen molar-refractivity contribution in [2.45, 2.75) is 37.8 Å². The third kappa shape index (κ3) is 7.51. The van der Waals surface area contributed by atoms with E-state index in [4.69, 9.17) is 9.47 Å². The number of benzene rings is 3. The van der Waals surface area contributed by atoms with Gasteiger partial charge in [-0.25, -0.2) is 8.42 Å². The predicted octanol–water partition coefficient (Wildman–Crippen LogP) is 3.84. The molecule has 39 heavy (non-hydrogen) atoms. The molecule has 0 radical (unpaired) electrons. The number of nitrogens with zero attached hydrogens (tertiary/aromatic N) is 2. The van der Waals surface area contributed by atoms with Crippen molar-refractivity contribution in [3.05, 3.63) is 84.4 Å². The second-order valence-electron chi connectivity index (χ2n) is 8.86. The highest BCUT2D eigenvalue weighted by Gasteiger charge is 2.32. The summed E-state index contributed by atoms with van der Waals surface area (Å²) in [4.78, 5) is 28.2. The molecular formula is C29H35N3O6S. The van der Waals surface area contributed by atoms with Gasteiger partial charge in [-0.05, 0) is 67.4 Å². The first-order valence-corrected chi connectivity index (χ1v) is 14.1. The van der Waals surface area contributed by atoms with Crippen molar-refractivity contribution >= 4 is 27.5 Å². The maximum atomic E-state index is 13.9. The number of hydrogen-bond acceptors (Lipinski definition) is 6. The minimum Gasteiger partial charge on any atom is -0.497 e. The van der Waals surface area contributed by atoms with E-state index in [9.17, 15) is 18.0 Å². The van der Waals surface area contributed by atoms with Crippen LogP contribution in [0, 0.1) is 0 Å². The number of carbonyl (C=O) groups excluding carboxylic acids is 2. The minimum atomic E-state index is -4.12. The molecule has 1 N–H and O–H groups in total. The Bertz CT molecular complexity index is 1330. The van der Waals surface area contributed by atoms with Gasteiger partial charge in [-0.3, -0.25) is 13.9 Å². The first-order chi connectivity index (χ1) is 18.7. The summed E-state index contributed by atoms with van der Waals surface area (Å²) in [6.07, 6.45) is 0.742. The fourth-order valence-corrected chi connectivity index (χ4v) is 5.34. The Hall–Kier alpha value is -4.05. The number of rotatable bonds is 13. The fraction of sp³-hybridized carbons (Fsp3) is 0.310. The summed E-state index contributed by atoms with van der Waals surface area (Å²) in [5, 5.41) is 2.83. The van der Waals surface area contributed by atoms with E-state index in [1.165, 1.54) is 24.1 Å². The molecule has 3 rings (SSSR count). The monoisotopic (exact) mass is 553 g/mol. The summed E-state index contributed by atoms with van der Waals surface area (Å²) in [6, 6.07) is 20.6. The van der Waals surface area contributed by atoms with Crippen molar-refractivity contribution in [3.8, 4) is 11.5 Å². The van der Waals surface area contributed by atoms with Crippen molar-refractivity contribution in [2.24, 2.45) is 0 Å². The van der Waals surface area contributed by atoms with Gasteiger partial charge in [0.05, 0.1) is 24.8 Å². The first kappa shape index (κ1) is 29.5. The normalized spacial score (nSPS) is 11.8. The molecule has 0 aliphatic heterocycles. The topological polar surface area (TPSA) is 105 Å². The van der Waals surface area contributed by atoms with Crippen LogP contribution in [0.2, 0.25) is 0 Å². The van der Waals surface area contributed by atoms with E-state index < -0.39 is 28.5 Å². The maximum Gasteiger partial charge on any atom is 0.264 e. The molecule has 9 nitrogen and oxygen atoms in total. The third-order valence-electron chi connectivity index (χ3n) is 6.20. The van der Waals surface area contributed by atoms with Crippen LogP contribution in [-0.2, 0) is 26.2 Å². The van der Waals surface area contributed by atoms with Gasteiger partial charge in [0.1, 0.15) is 24.1 Å². The smallest absolute Gasteiger partial charge is 0.264 e. The third-order valence-corrected chi connectivity index (χ3v) is 7.99. The lowest BCUT2D eigenvalue weighted by atomic mass is 10.1. The van der Waals surface area contributed by atoms with Crippen molar-refractivity contribution in [1.29, 1.82) is 0 Å². The summed E-state index contributed by atoms with van der Waals surface area (Å²) in [5.74, 6) is 0.357. The predicted molar refractivity (Wildman–Crippen MR) is 150 cm³/mol. The van der Waals surface area contributed by atoms with Crippen LogP contribution in [0.1, 0.15) is 25.8 Å². The van der Waals surface area contributed by atoms with Crippen LogP contribution in [0.25, 0.3) is 0 Å². The van der Waals surface area contributed by atoms with Gasteiger partial charge in [0.25, 0.3) is 10.0 Å². The van der Waals surface area contributed by atoms with E-state index >= 15 is 0 Å². The standard InChI is InChI=1S/C29H35N3O6S/c1-5-19-30-29(34)22(2)31(20-23-11-15-25(37-3)16-12-23)28(33)21-32(24-13-17-26(38-4)18-14-24)39(35,36)27-9-7-6-8-10-27/h6-18,22H,5,19-21H2,1-4H3,(H,30,34)/t22-/m0/s1. The number of nitrogens with one attached hydrogen (secondary N) is 1. The molecule has 0 heterocycles. The highest BCUT2D eigenvalue weighted by atomic mass is 32.2. The summed E-state index contributed by atoms with van der Waals surface area (Å²) >= 11 is 0. The number of carbonyl (C=O) groups is 2. The second kappa shape index (κ2) is 13.7.